The van der Waals surface area contributed by atoms with E-state index in [1.54, 1.807) is 12.1 Å². The van der Waals surface area contributed by atoms with E-state index in [9.17, 15) is 4.79 Å². The topological polar surface area (TPSA) is 55.1 Å². The van der Waals surface area contributed by atoms with E-state index in [1.165, 1.54) is 0 Å². The number of anilines is 1. The van der Waals surface area contributed by atoms with Gasteiger partial charge in [0.25, 0.3) is 0 Å². The Morgan fingerprint density at radius 2 is 2.25 bits per heavy atom. The van der Waals surface area contributed by atoms with Crippen molar-refractivity contribution in [2.24, 2.45) is 5.73 Å². The number of aryl methyl sites for hydroxylation is 1. The summed E-state index contributed by atoms with van der Waals surface area (Å²) in [7, 11) is 0. The first kappa shape index (κ1) is 9.06. The molecule has 1 aromatic rings. The molecule has 0 aliphatic rings. The van der Waals surface area contributed by atoms with Gasteiger partial charge in [-0.05, 0) is 24.6 Å². The van der Waals surface area contributed by atoms with Crippen molar-refractivity contribution in [3.05, 3.63) is 28.2 Å². The number of nitrogens with one attached hydrogen (secondary N) is 1. The molecule has 0 aliphatic carbocycles. The molecule has 1 aromatic carbocycles. The number of amides is 2. The maximum Gasteiger partial charge on any atom is 0.316 e. The second kappa shape index (κ2) is 3.58. The number of hydrogen-bond donors (Lipinski definition) is 2. The summed E-state index contributed by atoms with van der Waals surface area (Å²) >= 11 is 3.34. The second-order valence-corrected chi connectivity index (χ2v) is 3.31. The largest absolute Gasteiger partial charge is 0.351 e. The number of carbonyl (C=O) groups excluding carboxylic acids is 1. The van der Waals surface area contributed by atoms with E-state index in [2.05, 4.69) is 21.2 Å². The predicted octanol–water partition coefficient (Wildman–Crippen LogP) is 2.25. The van der Waals surface area contributed by atoms with Gasteiger partial charge in [0, 0.05) is 10.2 Å². The number of halogens is 1. The molecule has 0 spiro atoms. The number of primary amides is 1. The maximum absolute atomic E-state index is 10.5. The van der Waals surface area contributed by atoms with Gasteiger partial charge < -0.3 is 11.1 Å². The van der Waals surface area contributed by atoms with E-state index in [-0.39, 0.29) is 0 Å². The summed E-state index contributed by atoms with van der Waals surface area (Å²) in [6.07, 6.45) is 0. The van der Waals surface area contributed by atoms with Crippen LogP contribution in [0.15, 0.2) is 22.7 Å². The van der Waals surface area contributed by atoms with Gasteiger partial charge in [-0.15, -0.1) is 0 Å². The molecule has 0 radical (unpaired) electrons. The fraction of sp³-hybridized carbons (Fsp3) is 0.125. The zero-order valence-electron chi connectivity index (χ0n) is 6.60. The van der Waals surface area contributed by atoms with Crippen molar-refractivity contribution < 1.29 is 4.79 Å². The molecule has 0 aliphatic heterocycles. The fourth-order valence-electron chi connectivity index (χ4n) is 0.813. The molecule has 0 heterocycles. The van der Waals surface area contributed by atoms with Crippen LogP contribution in [0.2, 0.25) is 0 Å². The van der Waals surface area contributed by atoms with Crippen LogP contribution in [0.25, 0.3) is 0 Å². The summed E-state index contributed by atoms with van der Waals surface area (Å²) in [4.78, 5) is 10.5. The summed E-state index contributed by atoms with van der Waals surface area (Å²) < 4.78 is 0.953. The van der Waals surface area contributed by atoms with E-state index >= 15 is 0 Å². The van der Waals surface area contributed by atoms with E-state index in [0.717, 1.165) is 10.0 Å². The first-order chi connectivity index (χ1) is 5.59. The number of benzene rings is 1. The lowest BCUT2D eigenvalue weighted by Gasteiger charge is -2.03. The Bertz CT molecular complexity index is 312. The maximum atomic E-state index is 10.5. The lowest BCUT2D eigenvalue weighted by molar-refractivity contribution is 0.259. The summed E-state index contributed by atoms with van der Waals surface area (Å²) in [5, 5.41) is 2.48. The molecule has 64 valence electrons. The number of hydrogen-bond acceptors (Lipinski definition) is 1. The number of carbonyl (C=O) groups is 1. The van der Waals surface area contributed by atoms with Gasteiger partial charge in [-0.3, -0.25) is 0 Å². The molecule has 0 aromatic heterocycles. The van der Waals surface area contributed by atoms with Crippen LogP contribution in [0.4, 0.5) is 10.5 Å². The normalized spacial score (nSPS) is 9.50. The van der Waals surface area contributed by atoms with Crippen molar-refractivity contribution in [2.75, 3.05) is 5.32 Å². The van der Waals surface area contributed by atoms with Gasteiger partial charge in [0.15, 0.2) is 0 Å². The molecule has 0 saturated carbocycles. The van der Waals surface area contributed by atoms with Gasteiger partial charge >= 0.3 is 6.03 Å². The minimum Gasteiger partial charge on any atom is -0.351 e. The van der Waals surface area contributed by atoms with E-state index < -0.39 is 6.03 Å². The molecule has 0 unspecified atom stereocenters. The highest BCUT2D eigenvalue weighted by Gasteiger charge is 1.98. The molecule has 1 rings (SSSR count). The molecular weight excluding hydrogens is 220 g/mol. The first-order valence-electron chi connectivity index (χ1n) is 3.42. The average Bonchev–Trinajstić information content (AvgIpc) is 1.96. The molecule has 0 saturated heterocycles. The number of nitrogens with two attached hydrogens (primary N) is 1. The number of urea groups is 1. The van der Waals surface area contributed by atoms with Crippen molar-refractivity contribution in [1.82, 2.24) is 0 Å². The summed E-state index contributed by atoms with van der Waals surface area (Å²) in [6, 6.07) is 4.95. The molecule has 3 nitrogen and oxygen atoms in total. The van der Waals surface area contributed by atoms with E-state index in [1.807, 2.05) is 13.0 Å². The predicted molar refractivity (Wildman–Crippen MR) is 52.1 cm³/mol. The molecule has 0 fully saturated rings. The summed E-state index contributed by atoms with van der Waals surface area (Å²) in [5.41, 5.74) is 6.76. The Morgan fingerprint density at radius 3 is 2.75 bits per heavy atom. The van der Waals surface area contributed by atoms with Crippen molar-refractivity contribution in [3.8, 4) is 0 Å². The third-order valence-electron chi connectivity index (χ3n) is 1.44. The lowest BCUT2D eigenvalue weighted by Crippen LogP contribution is -2.19. The van der Waals surface area contributed by atoms with Crippen molar-refractivity contribution in [3.63, 3.8) is 0 Å². The van der Waals surface area contributed by atoms with Crippen molar-refractivity contribution in [1.29, 1.82) is 0 Å². The van der Waals surface area contributed by atoms with E-state index in [0.29, 0.717) is 5.69 Å². The third-order valence-corrected chi connectivity index (χ3v) is 2.29. The quantitative estimate of drug-likeness (QED) is 0.762. The van der Waals surface area contributed by atoms with Crippen LogP contribution in [0, 0.1) is 6.92 Å². The Morgan fingerprint density at radius 1 is 1.58 bits per heavy atom. The van der Waals surface area contributed by atoms with Crippen LogP contribution in [-0.2, 0) is 0 Å². The lowest BCUT2D eigenvalue weighted by atomic mass is 10.2. The molecular formula is C8H9BrN2O. The van der Waals surface area contributed by atoms with Gasteiger partial charge in [-0.25, -0.2) is 4.79 Å². The minimum atomic E-state index is -0.550. The Kier molecular flexibility index (Phi) is 2.70. The Hall–Kier alpha value is -1.03. The van der Waals surface area contributed by atoms with Crippen LogP contribution in [0.3, 0.4) is 0 Å². The van der Waals surface area contributed by atoms with Crippen LogP contribution >= 0.6 is 15.9 Å². The van der Waals surface area contributed by atoms with Gasteiger partial charge in [0.05, 0.1) is 0 Å². The van der Waals surface area contributed by atoms with E-state index in [4.69, 9.17) is 5.73 Å². The standard InChI is InChI=1S/C8H9BrN2O/c1-5-2-3-6(4-7(5)9)11-8(10)12/h2-4H,1H3,(H3,10,11,12). The van der Waals surface area contributed by atoms with Gasteiger partial charge in [0.1, 0.15) is 0 Å². The second-order valence-electron chi connectivity index (χ2n) is 2.45. The monoisotopic (exact) mass is 228 g/mol. The summed E-state index contributed by atoms with van der Waals surface area (Å²) in [6.45, 7) is 1.97. The van der Waals surface area contributed by atoms with Crippen LogP contribution in [0.5, 0.6) is 0 Å². The van der Waals surface area contributed by atoms with Gasteiger partial charge in [-0.2, -0.15) is 0 Å². The zero-order valence-corrected chi connectivity index (χ0v) is 8.18. The molecule has 0 atom stereocenters. The first-order valence-corrected chi connectivity index (χ1v) is 4.21. The molecule has 12 heavy (non-hydrogen) atoms. The molecule has 4 heteroatoms. The summed E-state index contributed by atoms with van der Waals surface area (Å²) in [5.74, 6) is 0. The minimum absolute atomic E-state index is 0.550. The van der Waals surface area contributed by atoms with Crippen LogP contribution in [0.1, 0.15) is 5.56 Å². The average molecular weight is 229 g/mol. The van der Waals surface area contributed by atoms with Crippen molar-refractivity contribution in [2.45, 2.75) is 6.92 Å². The van der Waals surface area contributed by atoms with Gasteiger partial charge in [0.2, 0.25) is 0 Å². The van der Waals surface area contributed by atoms with Crippen LogP contribution in [-0.4, -0.2) is 6.03 Å². The number of rotatable bonds is 1. The smallest absolute Gasteiger partial charge is 0.316 e. The Balaban J connectivity index is 2.89. The molecule has 0 bridgehead atoms. The van der Waals surface area contributed by atoms with Crippen molar-refractivity contribution >= 4 is 27.6 Å². The highest BCUT2D eigenvalue weighted by molar-refractivity contribution is 9.10. The van der Waals surface area contributed by atoms with Gasteiger partial charge in [-0.1, -0.05) is 22.0 Å². The highest BCUT2D eigenvalue weighted by atomic mass is 79.9. The fourth-order valence-corrected chi connectivity index (χ4v) is 1.19. The third kappa shape index (κ3) is 2.23. The van der Waals surface area contributed by atoms with Crippen LogP contribution < -0.4 is 11.1 Å². The zero-order chi connectivity index (χ0) is 9.14. The molecule has 3 N–H and O–H groups in total. The molecule has 2 amide bonds. The SMILES string of the molecule is Cc1ccc(NC(N)=O)cc1Br. The Labute approximate surface area is 79.1 Å². The highest BCUT2D eigenvalue weighted by Crippen LogP contribution is 2.20.